The third-order valence-corrected chi connectivity index (χ3v) is 2.92. The minimum absolute atomic E-state index is 0.580. The van der Waals surface area contributed by atoms with Crippen LogP contribution in [0.15, 0.2) is 24.3 Å². The first-order valence-electron chi connectivity index (χ1n) is 4.00. The molecule has 0 bridgehead atoms. The molecular weight excluding hydrogens is 194 g/mol. The molecule has 4 heteroatoms. The summed E-state index contributed by atoms with van der Waals surface area (Å²) in [6.45, 7) is 0. The van der Waals surface area contributed by atoms with Crippen molar-refractivity contribution in [3.63, 3.8) is 0 Å². The molecule has 3 nitrogen and oxygen atoms in total. The number of aromatic nitrogens is 1. The molecule has 14 heavy (non-hydrogen) atoms. The second-order valence-corrected chi connectivity index (χ2v) is 3.77. The van der Waals surface area contributed by atoms with Crippen LogP contribution in [-0.2, 0) is 0 Å². The third kappa shape index (κ3) is 1.32. The second-order valence-electron chi connectivity index (χ2n) is 2.71. The molecule has 0 saturated carbocycles. The first kappa shape index (κ1) is 8.68. The molecule has 0 aliphatic rings. The van der Waals surface area contributed by atoms with Gasteiger partial charge in [-0.05, 0) is 12.1 Å². The predicted molar refractivity (Wildman–Crippen MR) is 53.6 cm³/mol. The summed E-state index contributed by atoms with van der Waals surface area (Å²) < 4.78 is 1.01. The van der Waals surface area contributed by atoms with Crippen molar-refractivity contribution in [2.75, 3.05) is 0 Å². The highest BCUT2D eigenvalue weighted by atomic mass is 32.1. The molecule has 66 valence electrons. The Hall–Kier alpha value is -1.91. The van der Waals surface area contributed by atoms with Gasteiger partial charge in [-0.2, -0.15) is 10.5 Å². The summed E-state index contributed by atoms with van der Waals surface area (Å²) >= 11 is 1.40. The Morgan fingerprint density at radius 2 is 1.93 bits per heavy atom. The van der Waals surface area contributed by atoms with Crippen LogP contribution < -0.4 is 0 Å². The van der Waals surface area contributed by atoms with E-state index in [0.717, 1.165) is 10.2 Å². The number of hydrogen-bond donors (Lipinski definition) is 0. The van der Waals surface area contributed by atoms with Crippen molar-refractivity contribution in [1.82, 2.24) is 4.98 Å². The molecule has 0 saturated heterocycles. The van der Waals surface area contributed by atoms with Crippen LogP contribution in [-0.4, -0.2) is 4.98 Å². The number of benzene rings is 1. The fraction of sp³-hybridized carbons (Fsp3) is 0.100. The fourth-order valence-corrected chi connectivity index (χ4v) is 2.11. The summed E-state index contributed by atoms with van der Waals surface area (Å²) in [4.78, 5) is 4.23. The molecule has 1 aromatic carbocycles. The molecule has 0 aliphatic carbocycles. The number of para-hydroxylation sites is 1. The van der Waals surface area contributed by atoms with Crippen LogP contribution in [0.2, 0.25) is 0 Å². The van der Waals surface area contributed by atoms with E-state index in [0.29, 0.717) is 5.01 Å². The minimum atomic E-state index is -0.743. The average molecular weight is 199 g/mol. The molecule has 0 unspecified atom stereocenters. The lowest BCUT2D eigenvalue weighted by molar-refractivity contribution is 1.08. The van der Waals surface area contributed by atoms with Gasteiger partial charge in [-0.15, -0.1) is 11.3 Å². The maximum Gasteiger partial charge on any atom is 0.184 e. The van der Waals surface area contributed by atoms with Crippen LogP contribution in [0, 0.1) is 22.7 Å². The van der Waals surface area contributed by atoms with Gasteiger partial charge in [0, 0.05) is 0 Å². The normalized spacial score (nSPS) is 9.93. The van der Waals surface area contributed by atoms with Crippen LogP contribution >= 0.6 is 11.3 Å². The van der Waals surface area contributed by atoms with Gasteiger partial charge in [-0.1, -0.05) is 12.1 Å². The SMILES string of the molecule is N#CC(C#N)c1nc2ccccc2s1. The second kappa shape index (κ2) is 3.45. The summed E-state index contributed by atoms with van der Waals surface area (Å²) in [7, 11) is 0. The molecule has 0 spiro atoms. The van der Waals surface area contributed by atoms with Gasteiger partial charge in [0.15, 0.2) is 5.92 Å². The van der Waals surface area contributed by atoms with Gasteiger partial charge in [-0.3, -0.25) is 0 Å². The molecule has 0 atom stereocenters. The Kier molecular flexibility index (Phi) is 2.14. The number of nitriles is 2. The average Bonchev–Trinajstić information content (AvgIpc) is 2.63. The van der Waals surface area contributed by atoms with E-state index in [1.54, 1.807) is 0 Å². The van der Waals surface area contributed by atoms with Crippen LogP contribution in [0.5, 0.6) is 0 Å². The maximum atomic E-state index is 8.70. The van der Waals surface area contributed by atoms with Crippen LogP contribution in [0.25, 0.3) is 10.2 Å². The molecule has 2 rings (SSSR count). The summed E-state index contributed by atoms with van der Waals surface area (Å²) in [5.74, 6) is -0.743. The smallest absolute Gasteiger partial charge is 0.184 e. The van der Waals surface area contributed by atoms with E-state index in [1.807, 2.05) is 36.4 Å². The van der Waals surface area contributed by atoms with Gasteiger partial charge in [0.1, 0.15) is 5.01 Å². The first-order valence-corrected chi connectivity index (χ1v) is 4.81. The Morgan fingerprint density at radius 1 is 1.21 bits per heavy atom. The Morgan fingerprint density at radius 3 is 2.57 bits per heavy atom. The van der Waals surface area contributed by atoms with Gasteiger partial charge >= 0.3 is 0 Å². The lowest BCUT2D eigenvalue weighted by Crippen LogP contribution is -1.88. The monoisotopic (exact) mass is 199 g/mol. The van der Waals surface area contributed by atoms with Crippen molar-refractivity contribution in [3.8, 4) is 12.1 Å². The lowest BCUT2D eigenvalue weighted by Gasteiger charge is -1.88. The first-order chi connectivity index (χ1) is 6.85. The highest BCUT2D eigenvalue weighted by Crippen LogP contribution is 2.26. The Balaban J connectivity index is 2.57. The summed E-state index contributed by atoms with van der Waals surface area (Å²) in [6, 6.07) is 11.4. The third-order valence-electron chi connectivity index (χ3n) is 1.82. The fourth-order valence-electron chi connectivity index (χ4n) is 1.15. The number of rotatable bonds is 1. The van der Waals surface area contributed by atoms with E-state index in [2.05, 4.69) is 4.98 Å². The van der Waals surface area contributed by atoms with E-state index >= 15 is 0 Å². The zero-order chi connectivity index (χ0) is 9.97. The van der Waals surface area contributed by atoms with Gasteiger partial charge in [-0.25, -0.2) is 4.98 Å². The molecule has 0 radical (unpaired) electrons. The van der Waals surface area contributed by atoms with Gasteiger partial charge in [0.25, 0.3) is 0 Å². The topological polar surface area (TPSA) is 60.5 Å². The number of thiazole rings is 1. The largest absolute Gasteiger partial charge is 0.239 e. The highest BCUT2D eigenvalue weighted by molar-refractivity contribution is 7.18. The van der Waals surface area contributed by atoms with E-state index in [9.17, 15) is 0 Å². The zero-order valence-corrected chi connectivity index (χ0v) is 7.95. The summed E-state index contributed by atoms with van der Waals surface area (Å²) in [6.07, 6.45) is 0. The van der Waals surface area contributed by atoms with Gasteiger partial charge in [0.05, 0.1) is 22.4 Å². The lowest BCUT2D eigenvalue weighted by atomic mass is 10.2. The molecule has 0 aliphatic heterocycles. The van der Waals surface area contributed by atoms with Crippen molar-refractivity contribution >= 4 is 21.6 Å². The number of nitrogens with zero attached hydrogens (tertiary/aromatic N) is 3. The molecule has 0 fully saturated rings. The van der Waals surface area contributed by atoms with Crippen LogP contribution in [0.3, 0.4) is 0 Å². The van der Waals surface area contributed by atoms with Crippen molar-refractivity contribution in [2.24, 2.45) is 0 Å². The molecule has 1 aromatic heterocycles. The van der Waals surface area contributed by atoms with Crippen molar-refractivity contribution < 1.29 is 0 Å². The molecule has 2 aromatic rings. The standard InChI is InChI=1S/C10H5N3S/c11-5-7(6-12)10-13-8-3-1-2-4-9(8)14-10/h1-4,7H. The van der Waals surface area contributed by atoms with E-state index < -0.39 is 5.92 Å². The maximum absolute atomic E-state index is 8.70. The van der Waals surface area contributed by atoms with Gasteiger partial charge < -0.3 is 0 Å². The molecule has 0 amide bonds. The van der Waals surface area contributed by atoms with Crippen molar-refractivity contribution in [1.29, 1.82) is 10.5 Å². The molecular formula is C10H5N3S. The Bertz CT molecular complexity index is 497. The highest BCUT2D eigenvalue weighted by Gasteiger charge is 2.13. The van der Waals surface area contributed by atoms with E-state index in [4.69, 9.17) is 10.5 Å². The number of fused-ring (bicyclic) bond motifs is 1. The van der Waals surface area contributed by atoms with Crippen LogP contribution in [0.1, 0.15) is 10.9 Å². The number of hydrogen-bond acceptors (Lipinski definition) is 4. The van der Waals surface area contributed by atoms with Gasteiger partial charge in [0.2, 0.25) is 0 Å². The quantitative estimate of drug-likeness (QED) is 0.708. The molecule has 1 heterocycles. The Labute approximate surface area is 84.9 Å². The van der Waals surface area contributed by atoms with Crippen molar-refractivity contribution in [3.05, 3.63) is 29.3 Å². The molecule has 0 N–H and O–H groups in total. The zero-order valence-electron chi connectivity index (χ0n) is 7.14. The predicted octanol–water partition coefficient (Wildman–Crippen LogP) is 2.43. The van der Waals surface area contributed by atoms with Crippen LogP contribution in [0.4, 0.5) is 0 Å². The minimum Gasteiger partial charge on any atom is -0.239 e. The van der Waals surface area contributed by atoms with E-state index in [-0.39, 0.29) is 0 Å². The van der Waals surface area contributed by atoms with E-state index in [1.165, 1.54) is 11.3 Å². The van der Waals surface area contributed by atoms with Crippen molar-refractivity contribution in [2.45, 2.75) is 5.92 Å². The summed E-state index contributed by atoms with van der Waals surface area (Å²) in [5.41, 5.74) is 0.850. The summed E-state index contributed by atoms with van der Waals surface area (Å²) in [5, 5.41) is 18.0.